The summed E-state index contributed by atoms with van der Waals surface area (Å²) >= 11 is 0. The number of pyridine rings is 1. The molecular formula is C16H23N5. The Bertz CT molecular complexity index is 566. The van der Waals surface area contributed by atoms with E-state index in [4.69, 9.17) is 0 Å². The molecule has 0 aromatic carbocycles. The molecule has 3 rings (SSSR count). The van der Waals surface area contributed by atoms with Gasteiger partial charge in [-0.1, -0.05) is 6.07 Å². The number of hydrogen-bond acceptors (Lipinski definition) is 4. The van der Waals surface area contributed by atoms with E-state index in [1.54, 1.807) is 6.33 Å². The molecule has 1 saturated heterocycles. The summed E-state index contributed by atoms with van der Waals surface area (Å²) in [7, 11) is 2.19. The highest BCUT2D eigenvalue weighted by Gasteiger charge is 2.24. The maximum Gasteiger partial charge on any atom is 0.128 e. The quantitative estimate of drug-likeness (QED) is 0.935. The van der Waals surface area contributed by atoms with Gasteiger partial charge in [0.15, 0.2) is 0 Å². The monoisotopic (exact) mass is 285 g/mol. The molecule has 0 saturated carbocycles. The lowest BCUT2D eigenvalue weighted by Gasteiger charge is -2.38. The number of aromatic amines is 1. The fourth-order valence-electron chi connectivity index (χ4n) is 3.00. The van der Waals surface area contributed by atoms with Crippen molar-refractivity contribution >= 4 is 5.82 Å². The number of H-pyrrole nitrogens is 1. The third kappa shape index (κ3) is 3.42. The van der Waals surface area contributed by atoms with Gasteiger partial charge in [-0.3, -0.25) is 4.90 Å². The average molecular weight is 285 g/mol. The molecule has 3 heterocycles. The van der Waals surface area contributed by atoms with Crippen LogP contribution >= 0.6 is 0 Å². The molecule has 2 aromatic rings. The second kappa shape index (κ2) is 6.26. The number of hydrogen-bond donors (Lipinski definition) is 1. The minimum Gasteiger partial charge on any atom is -0.355 e. The number of likely N-dealkylation sites (N-methyl/N-ethyl adjacent to an activating group) is 1. The zero-order valence-corrected chi connectivity index (χ0v) is 12.8. The van der Waals surface area contributed by atoms with E-state index in [0.717, 1.165) is 31.1 Å². The molecule has 112 valence electrons. The van der Waals surface area contributed by atoms with Gasteiger partial charge in [0.25, 0.3) is 0 Å². The van der Waals surface area contributed by atoms with E-state index in [9.17, 15) is 0 Å². The van der Waals surface area contributed by atoms with Crippen molar-refractivity contribution in [2.75, 3.05) is 25.0 Å². The first-order valence-corrected chi connectivity index (χ1v) is 7.58. The summed E-state index contributed by atoms with van der Waals surface area (Å²) in [5.74, 6) is 1.11. The molecule has 1 fully saturated rings. The molecule has 5 heteroatoms. The number of piperidine rings is 1. The third-order valence-corrected chi connectivity index (χ3v) is 4.19. The second-order valence-electron chi connectivity index (χ2n) is 5.87. The van der Waals surface area contributed by atoms with Crippen molar-refractivity contribution in [1.82, 2.24) is 19.9 Å². The van der Waals surface area contributed by atoms with Gasteiger partial charge in [-0.25, -0.2) is 9.97 Å². The van der Waals surface area contributed by atoms with Crippen LogP contribution in [0.2, 0.25) is 0 Å². The van der Waals surface area contributed by atoms with E-state index in [1.807, 2.05) is 6.20 Å². The molecule has 0 spiro atoms. The van der Waals surface area contributed by atoms with Gasteiger partial charge in [-0.05, 0) is 38.9 Å². The summed E-state index contributed by atoms with van der Waals surface area (Å²) in [6.45, 7) is 5.11. The molecule has 0 radical (unpaired) electrons. The minimum atomic E-state index is 0.560. The number of aromatic nitrogens is 3. The van der Waals surface area contributed by atoms with E-state index in [1.165, 1.54) is 18.5 Å². The molecule has 0 amide bonds. The number of anilines is 1. The topological polar surface area (TPSA) is 48.0 Å². The number of rotatable bonds is 4. The van der Waals surface area contributed by atoms with E-state index in [2.05, 4.69) is 56.9 Å². The van der Waals surface area contributed by atoms with Gasteiger partial charge in [-0.15, -0.1) is 0 Å². The van der Waals surface area contributed by atoms with E-state index < -0.39 is 0 Å². The summed E-state index contributed by atoms with van der Waals surface area (Å²) in [6.07, 6.45) is 6.10. The van der Waals surface area contributed by atoms with Gasteiger partial charge in [0.05, 0.1) is 6.33 Å². The van der Waals surface area contributed by atoms with Crippen LogP contribution in [0.5, 0.6) is 0 Å². The van der Waals surface area contributed by atoms with Gasteiger partial charge in [0, 0.05) is 43.3 Å². The summed E-state index contributed by atoms with van der Waals surface area (Å²) < 4.78 is 0. The van der Waals surface area contributed by atoms with E-state index in [0.29, 0.717) is 6.04 Å². The van der Waals surface area contributed by atoms with Crippen molar-refractivity contribution in [2.45, 2.75) is 32.4 Å². The normalized spacial score (nSPS) is 19.2. The summed E-state index contributed by atoms with van der Waals surface area (Å²) in [4.78, 5) is 16.7. The Labute approximate surface area is 126 Å². The largest absolute Gasteiger partial charge is 0.355 e. The van der Waals surface area contributed by atoms with Crippen LogP contribution in [0.3, 0.4) is 0 Å². The number of nitrogens with zero attached hydrogens (tertiary/aromatic N) is 4. The Balaban J connectivity index is 1.65. The fourth-order valence-corrected chi connectivity index (χ4v) is 3.00. The van der Waals surface area contributed by atoms with Gasteiger partial charge in [0.1, 0.15) is 5.82 Å². The van der Waals surface area contributed by atoms with Crippen LogP contribution in [0.25, 0.3) is 0 Å². The number of imidazole rings is 1. The first-order chi connectivity index (χ1) is 10.2. The van der Waals surface area contributed by atoms with Crippen LogP contribution in [0.15, 0.2) is 30.7 Å². The van der Waals surface area contributed by atoms with Crippen LogP contribution < -0.4 is 4.90 Å². The standard InChI is InChI=1S/C16H23N5/c1-13-5-3-7-16(19-13)21-8-4-6-15(11-21)20(2)10-14-9-17-12-18-14/h3,5,7,9,12,15H,4,6,8,10-11H2,1-2H3,(H,17,18)/t15-/m1/s1. The highest BCUT2D eigenvalue weighted by Crippen LogP contribution is 2.21. The summed E-state index contributed by atoms with van der Waals surface area (Å²) in [6, 6.07) is 6.82. The summed E-state index contributed by atoms with van der Waals surface area (Å²) in [5.41, 5.74) is 2.25. The fraction of sp³-hybridized carbons (Fsp3) is 0.500. The molecule has 1 aliphatic rings. The maximum atomic E-state index is 4.66. The molecule has 2 aromatic heterocycles. The smallest absolute Gasteiger partial charge is 0.128 e. The van der Waals surface area contributed by atoms with Crippen molar-refractivity contribution < 1.29 is 0 Å². The van der Waals surface area contributed by atoms with Gasteiger partial charge in [-0.2, -0.15) is 0 Å². The Hall–Kier alpha value is -1.88. The van der Waals surface area contributed by atoms with Crippen LogP contribution in [-0.2, 0) is 6.54 Å². The Morgan fingerprint density at radius 3 is 3.10 bits per heavy atom. The molecule has 0 bridgehead atoms. The predicted molar refractivity (Wildman–Crippen MR) is 84.3 cm³/mol. The predicted octanol–water partition coefficient (Wildman–Crippen LogP) is 2.21. The average Bonchev–Trinajstić information content (AvgIpc) is 3.00. The first-order valence-electron chi connectivity index (χ1n) is 7.58. The van der Waals surface area contributed by atoms with Crippen LogP contribution in [0, 0.1) is 6.92 Å². The maximum absolute atomic E-state index is 4.66. The highest BCUT2D eigenvalue weighted by atomic mass is 15.2. The molecule has 1 N–H and O–H groups in total. The van der Waals surface area contributed by atoms with Crippen LogP contribution in [0.4, 0.5) is 5.82 Å². The SMILES string of the molecule is Cc1cccc(N2CCC[C@@H](N(C)Cc3cnc[nH]3)C2)n1. The molecule has 0 unspecified atom stereocenters. The molecule has 0 aliphatic carbocycles. The molecular weight excluding hydrogens is 262 g/mol. The first kappa shape index (κ1) is 14.1. The Kier molecular flexibility index (Phi) is 4.20. The van der Waals surface area contributed by atoms with Gasteiger partial charge in [0.2, 0.25) is 0 Å². The van der Waals surface area contributed by atoms with Gasteiger partial charge >= 0.3 is 0 Å². The Morgan fingerprint density at radius 1 is 1.43 bits per heavy atom. The number of aryl methyl sites for hydroxylation is 1. The van der Waals surface area contributed by atoms with Crippen LogP contribution in [-0.4, -0.2) is 46.0 Å². The molecule has 1 aliphatic heterocycles. The van der Waals surface area contributed by atoms with Crippen molar-refractivity contribution in [2.24, 2.45) is 0 Å². The van der Waals surface area contributed by atoms with Crippen molar-refractivity contribution in [3.8, 4) is 0 Å². The second-order valence-corrected chi connectivity index (χ2v) is 5.87. The highest BCUT2D eigenvalue weighted by molar-refractivity contribution is 5.40. The van der Waals surface area contributed by atoms with Gasteiger partial charge < -0.3 is 9.88 Å². The molecule has 21 heavy (non-hydrogen) atoms. The van der Waals surface area contributed by atoms with E-state index >= 15 is 0 Å². The zero-order chi connectivity index (χ0) is 14.7. The Morgan fingerprint density at radius 2 is 2.33 bits per heavy atom. The lowest BCUT2D eigenvalue weighted by atomic mass is 10.0. The van der Waals surface area contributed by atoms with Crippen molar-refractivity contribution in [3.63, 3.8) is 0 Å². The minimum absolute atomic E-state index is 0.560. The lowest BCUT2D eigenvalue weighted by molar-refractivity contribution is 0.205. The van der Waals surface area contributed by atoms with Crippen LogP contribution in [0.1, 0.15) is 24.2 Å². The third-order valence-electron chi connectivity index (χ3n) is 4.19. The van der Waals surface area contributed by atoms with Crippen molar-refractivity contribution in [1.29, 1.82) is 0 Å². The lowest BCUT2D eigenvalue weighted by Crippen LogP contribution is -2.46. The zero-order valence-electron chi connectivity index (χ0n) is 12.8. The van der Waals surface area contributed by atoms with E-state index in [-0.39, 0.29) is 0 Å². The molecule has 1 atom stereocenters. The number of nitrogens with one attached hydrogen (secondary N) is 1. The van der Waals surface area contributed by atoms with Crippen molar-refractivity contribution in [3.05, 3.63) is 42.1 Å². The molecule has 5 nitrogen and oxygen atoms in total. The summed E-state index contributed by atoms with van der Waals surface area (Å²) in [5, 5.41) is 0.